The number of halogens is 1. The van der Waals surface area contributed by atoms with Crippen molar-refractivity contribution in [2.75, 3.05) is 13.7 Å². The van der Waals surface area contributed by atoms with E-state index in [1.807, 2.05) is 0 Å². The number of ether oxygens (including phenoxy) is 1. The molecule has 0 radical (unpaired) electrons. The quantitative estimate of drug-likeness (QED) is 0.833. The Morgan fingerprint density at radius 1 is 1.47 bits per heavy atom. The van der Waals surface area contributed by atoms with Crippen molar-refractivity contribution in [2.24, 2.45) is 0 Å². The van der Waals surface area contributed by atoms with Crippen LogP contribution in [0.1, 0.15) is 36.4 Å². The average Bonchev–Trinajstić information content (AvgIpc) is 2.35. The van der Waals surface area contributed by atoms with Crippen molar-refractivity contribution in [3.63, 3.8) is 0 Å². The van der Waals surface area contributed by atoms with E-state index >= 15 is 0 Å². The third-order valence-electron chi connectivity index (χ3n) is 3.39. The molecule has 17 heavy (non-hydrogen) atoms. The minimum atomic E-state index is -0.502. The van der Waals surface area contributed by atoms with Crippen LogP contribution in [0.4, 0.5) is 4.39 Å². The van der Waals surface area contributed by atoms with Crippen LogP contribution in [0.5, 0.6) is 11.5 Å². The van der Waals surface area contributed by atoms with Crippen LogP contribution < -0.4 is 10.1 Å². The molecule has 1 heterocycles. The molecule has 1 fully saturated rings. The molecule has 2 N–H and O–H groups in total. The Morgan fingerprint density at radius 3 is 2.82 bits per heavy atom. The minimum absolute atomic E-state index is 0.0675. The highest BCUT2D eigenvalue weighted by Crippen LogP contribution is 2.38. The summed E-state index contributed by atoms with van der Waals surface area (Å²) in [5.74, 6) is -0.657. The SMILES string of the molecule is COc1c(F)cc(C2CCCCN2)c(C)c1O. The lowest BCUT2D eigenvalue weighted by Gasteiger charge is -2.26. The monoisotopic (exact) mass is 239 g/mol. The zero-order chi connectivity index (χ0) is 12.4. The Labute approximate surface area is 101 Å². The molecule has 1 unspecified atom stereocenters. The first-order chi connectivity index (χ1) is 8.15. The standard InChI is InChI=1S/C13H18FNO2/c1-8-9(11-5-3-4-6-15-11)7-10(14)13(17-2)12(8)16/h7,11,15-16H,3-6H2,1-2H3. The molecule has 1 saturated heterocycles. The van der Waals surface area contributed by atoms with Gasteiger partial charge in [0.2, 0.25) is 0 Å². The topological polar surface area (TPSA) is 41.5 Å². The fourth-order valence-electron chi connectivity index (χ4n) is 2.40. The van der Waals surface area contributed by atoms with Gasteiger partial charge in [0.05, 0.1) is 7.11 Å². The molecule has 3 nitrogen and oxygen atoms in total. The maximum Gasteiger partial charge on any atom is 0.196 e. The highest BCUT2D eigenvalue weighted by molar-refractivity contribution is 5.51. The summed E-state index contributed by atoms with van der Waals surface area (Å²) < 4.78 is 18.6. The van der Waals surface area contributed by atoms with E-state index in [4.69, 9.17) is 4.74 Å². The summed E-state index contributed by atoms with van der Waals surface area (Å²) in [5.41, 5.74) is 1.53. The Balaban J connectivity index is 2.40. The van der Waals surface area contributed by atoms with Gasteiger partial charge in [0.25, 0.3) is 0 Å². The maximum atomic E-state index is 13.7. The van der Waals surface area contributed by atoms with E-state index in [2.05, 4.69) is 5.32 Å². The number of aromatic hydroxyl groups is 1. The molecule has 0 saturated carbocycles. The second-order valence-corrected chi connectivity index (χ2v) is 4.46. The van der Waals surface area contributed by atoms with Gasteiger partial charge in [-0.3, -0.25) is 0 Å². The van der Waals surface area contributed by atoms with Crippen LogP contribution in [0.25, 0.3) is 0 Å². The fraction of sp³-hybridized carbons (Fsp3) is 0.538. The molecule has 1 aromatic rings. The Hall–Kier alpha value is -1.29. The fourth-order valence-corrected chi connectivity index (χ4v) is 2.40. The zero-order valence-electron chi connectivity index (χ0n) is 10.2. The molecular formula is C13H18FNO2. The van der Waals surface area contributed by atoms with Crippen LogP contribution in [-0.4, -0.2) is 18.8 Å². The average molecular weight is 239 g/mol. The molecule has 94 valence electrons. The smallest absolute Gasteiger partial charge is 0.196 e. The summed E-state index contributed by atoms with van der Waals surface area (Å²) in [6.45, 7) is 2.74. The number of rotatable bonds is 2. The molecular weight excluding hydrogens is 221 g/mol. The first-order valence-electron chi connectivity index (χ1n) is 5.94. The molecule has 0 aliphatic carbocycles. The molecule has 0 spiro atoms. The summed E-state index contributed by atoms with van der Waals surface area (Å²) in [7, 11) is 1.36. The van der Waals surface area contributed by atoms with Gasteiger partial charge in [-0.25, -0.2) is 4.39 Å². The predicted octanol–water partition coefficient (Wildman–Crippen LogP) is 2.66. The van der Waals surface area contributed by atoms with Crippen molar-refractivity contribution in [1.29, 1.82) is 0 Å². The van der Waals surface area contributed by atoms with Crippen LogP contribution in [0.15, 0.2) is 6.07 Å². The second-order valence-electron chi connectivity index (χ2n) is 4.46. The molecule has 4 heteroatoms. The van der Waals surface area contributed by atoms with Crippen LogP contribution >= 0.6 is 0 Å². The summed E-state index contributed by atoms with van der Waals surface area (Å²) >= 11 is 0. The van der Waals surface area contributed by atoms with Crippen molar-refractivity contribution in [3.05, 3.63) is 23.0 Å². The van der Waals surface area contributed by atoms with Gasteiger partial charge in [-0.15, -0.1) is 0 Å². The van der Waals surface area contributed by atoms with E-state index in [1.54, 1.807) is 6.92 Å². The number of methoxy groups -OCH3 is 1. The molecule has 0 amide bonds. The Morgan fingerprint density at radius 2 is 2.24 bits per heavy atom. The van der Waals surface area contributed by atoms with Gasteiger partial charge in [-0.1, -0.05) is 6.42 Å². The number of nitrogens with one attached hydrogen (secondary N) is 1. The minimum Gasteiger partial charge on any atom is -0.504 e. The van der Waals surface area contributed by atoms with E-state index in [-0.39, 0.29) is 17.5 Å². The van der Waals surface area contributed by atoms with Crippen LogP contribution in [-0.2, 0) is 0 Å². The predicted molar refractivity (Wildman–Crippen MR) is 63.9 cm³/mol. The Bertz CT molecular complexity index is 414. The van der Waals surface area contributed by atoms with Gasteiger partial charge in [0, 0.05) is 6.04 Å². The number of benzene rings is 1. The van der Waals surface area contributed by atoms with E-state index in [9.17, 15) is 9.50 Å². The molecule has 1 aliphatic heterocycles. The number of hydrogen-bond donors (Lipinski definition) is 2. The first kappa shape index (κ1) is 12.2. The second kappa shape index (κ2) is 4.92. The third kappa shape index (κ3) is 2.22. The zero-order valence-corrected chi connectivity index (χ0v) is 10.2. The molecule has 1 aliphatic rings. The van der Waals surface area contributed by atoms with Gasteiger partial charge < -0.3 is 15.2 Å². The van der Waals surface area contributed by atoms with Gasteiger partial charge in [0.1, 0.15) is 0 Å². The van der Waals surface area contributed by atoms with Crippen molar-refractivity contribution >= 4 is 0 Å². The Kier molecular flexibility index (Phi) is 3.52. The van der Waals surface area contributed by atoms with Gasteiger partial charge in [0.15, 0.2) is 17.3 Å². The lowest BCUT2D eigenvalue weighted by atomic mass is 9.93. The van der Waals surface area contributed by atoms with Gasteiger partial charge in [-0.2, -0.15) is 0 Å². The van der Waals surface area contributed by atoms with E-state index in [0.29, 0.717) is 5.56 Å². The van der Waals surface area contributed by atoms with E-state index in [0.717, 1.165) is 31.4 Å². The number of phenols is 1. The molecule has 0 aromatic heterocycles. The molecule has 2 rings (SSSR count). The van der Waals surface area contributed by atoms with Gasteiger partial charge >= 0.3 is 0 Å². The van der Waals surface area contributed by atoms with Crippen LogP contribution in [0.3, 0.4) is 0 Å². The summed E-state index contributed by atoms with van der Waals surface area (Å²) in [5, 5.41) is 13.2. The van der Waals surface area contributed by atoms with Gasteiger partial charge in [-0.05, 0) is 43.5 Å². The van der Waals surface area contributed by atoms with Crippen LogP contribution in [0, 0.1) is 12.7 Å². The number of piperidine rings is 1. The normalized spacial score (nSPS) is 20.3. The lowest BCUT2D eigenvalue weighted by Crippen LogP contribution is -2.27. The van der Waals surface area contributed by atoms with Crippen molar-refractivity contribution in [3.8, 4) is 11.5 Å². The molecule has 1 atom stereocenters. The summed E-state index contributed by atoms with van der Waals surface area (Å²) in [6.07, 6.45) is 3.26. The highest BCUT2D eigenvalue weighted by Gasteiger charge is 2.22. The van der Waals surface area contributed by atoms with Crippen molar-refractivity contribution < 1.29 is 14.2 Å². The largest absolute Gasteiger partial charge is 0.504 e. The lowest BCUT2D eigenvalue weighted by molar-refractivity contribution is 0.345. The summed E-state index contributed by atoms with van der Waals surface area (Å²) in [6, 6.07) is 1.60. The van der Waals surface area contributed by atoms with Crippen molar-refractivity contribution in [1.82, 2.24) is 5.32 Å². The molecule has 0 bridgehead atoms. The summed E-state index contributed by atoms with van der Waals surface area (Å²) in [4.78, 5) is 0. The van der Waals surface area contributed by atoms with E-state index < -0.39 is 5.82 Å². The third-order valence-corrected chi connectivity index (χ3v) is 3.39. The van der Waals surface area contributed by atoms with Crippen LogP contribution in [0.2, 0.25) is 0 Å². The number of hydrogen-bond acceptors (Lipinski definition) is 3. The first-order valence-corrected chi connectivity index (χ1v) is 5.94. The number of phenolic OH excluding ortho intramolecular Hbond substituents is 1. The maximum absolute atomic E-state index is 13.7. The van der Waals surface area contributed by atoms with Crippen molar-refractivity contribution in [2.45, 2.75) is 32.2 Å². The highest BCUT2D eigenvalue weighted by atomic mass is 19.1. The van der Waals surface area contributed by atoms with E-state index in [1.165, 1.54) is 13.2 Å². The molecule has 1 aromatic carbocycles.